The first-order chi connectivity index (χ1) is 9.07. The van der Waals surface area contributed by atoms with Crippen molar-refractivity contribution in [2.24, 2.45) is 5.92 Å². The SMILES string of the molecule is CC(NS(=O)(=O)CCC1CCCCN1)C1CCCC1. The maximum absolute atomic E-state index is 12.1. The van der Waals surface area contributed by atoms with Crippen molar-refractivity contribution in [2.45, 2.75) is 70.4 Å². The van der Waals surface area contributed by atoms with E-state index in [1.165, 1.54) is 38.5 Å². The lowest BCUT2D eigenvalue weighted by Crippen LogP contribution is -2.41. The van der Waals surface area contributed by atoms with Gasteiger partial charge in [0.2, 0.25) is 10.0 Å². The Balaban J connectivity index is 1.74. The van der Waals surface area contributed by atoms with Gasteiger partial charge >= 0.3 is 0 Å². The summed E-state index contributed by atoms with van der Waals surface area (Å²) in [4.78, 5) is 0. The first kappa shape index (κ1) is 15.3. The fourth-order valence-corrected chi connectivity index (χ4v) is 4.84. The van der Waals surface area contributed by atoms with E-state index in [0.29, 0.717) is 12.0 Å². The molecule has 4 nitrogen and oxygen atoms in total. The molecule has 0 bridgehead atoms. The van der Waals surface area contributed by atoms with Crippen molar-refractivity contribution in [3.8, 4) is 0 Å². The predicted octanol–water partition coefficient (Wildman–Crippen LogP) is 2.02. The molecule has 1 saturated carbocycles. The number of hydrogen-bond donors (Lipinski definition) is 2. The summed E-state index contributed by atoms with van der Waals surface area (Å²) in [6.07, 6.45) is 9.16. The minimum Gasteiger partial charge on any atom is -0.314 e. The average Bonchev–Trinajstić information content (AvgIpc) is 2.91. The van der Waals surface area contributed by atoms with Crippen LogP contribution < -0.4 is 10.0 Å². The highest BCUT2D eigenvalue weighted by Gasteiger charge is 2.25. The highest BCUT2D eigenvalue weighted by molar-refractivity contribution is 7.89. The molecule has 19 heavy (non-hydrogen) atoms. The molecule has 0 spiro atoms. The van der Waals surface area contributed by atoms with E-state index in [1.807, 2.05) is 6.92 Å². The zero-order valence-corrected chi connectivity index (χ0v) is 12.8. The first-order valence-electron chi connectivity index (χ1n) is 7.80. The summed E-state index contributed by atoms with van der Waals surface area (Å²) in [6.45, 7) is 3.06. The summed E-state index contributed by atoms with van der Waals surface area (Å²) in [5.74, 6) is 0.810. The molecule has 2 aliphatic rings. The molecule has 2 fully saturated rings. The summed E-state index contributed by atoms with van der Waals surface area (Å²) < 4.78 is 27.1. The van der Waals surface area contributed by atoms with Crippen LogP contribution in [0.4, 0.5) is 0 Å². The smallest absolute Gasteiger partial charge is 0.211 e. The number of hydrogen-bond acceptors (Lipinski definition) is 3. The molecule has 2 unspecified atom stereocenters. The summed E-state index contributed by atoms with van der Waals surface area (Å²) in [5.41, 5.74) is 0. The van der Waals surface area contributed by atoms with Gasteiger partial charge in [-0.25, -0.2) is 13.1 Å². The van der Waals surface area contributed by atoms with Crippen LogP contribution in [0.3, 0.4) is 0 Å². The molecule has 5 heteroatoms. The van der Waals surface area contributed by atoms with Gasteiger partial charge in [-0.15, -0.1) is 0 Å². The van der Waals surface area contributed by atoms with Gasteiger partial charge in [0, 0.05) is 12.1 Å². The maximum atomic E-state index is 12.1. The van der Waals surface area contributed by atoms with Crippen LogP contribution in [-0.4, -0.2) is 32.8 Å². The van der Waals surface area contributed by atoms with Crippen molar-refractivity contribution < 1.29 is 8.42 Å². The van der Waals surface area contributed by atoms with Gasteiger partial charge in [0.25, 0.3) is 0 Å². The van der Waals surface area contributed by atoms with Crippen molar-refractivity contribution in [3.63, 3.8) is 0 Å². The molecule has 1 aliphatic heterocycles. The van der Waals surface area contributed by atoms with Crippen LogP contribution in [-0.2, 0) is 10.0 Å². The Kier molecular flexibility index (Phi) is 5.66. The largest absolute Gasteiger partial charge is 0.314 e. The zero-order chi connectivity index (χ0) is 13.7. The maximum Gasteiger partial charge on any atom is 0.211 e. The minimum atomic E-state index is -3.11. The molecule has 0 amide bonds. The highest BCUT2D eigenvalue weighted by atomic mass is 32.2. The highest BCUT2D eigenvalue weighted by Crippen LogP contribution is 2.27. The van der Waals surface area contributed by atoms with Crippen LogP contribution in [0.2, 0.25) is 0 Å². The lowest BCUT2D eigenvalue weighted by atomic mass is 10.0. The second-order valence-corrected chi connectivity index (χ2v) is 8.08. The van der Waals surface area contributed by atoms with Crippen LogP contribution in [0.15, 0.2) is 0 Å². The van der Waals surface area contributed by atoms with Gasteiger partial charge in [-0.05, 0) is 51.5 Å². The standard InChI is InChI=1S/C14H28N2O2S/c1-12(13-6-2-3-7-13)16-19(17,18)11-9-14-8-4-5-10-15-14/h12-16H,2-11H2,1H3. The van der Waals surface area contributed by atoms with Crippen LogP contribution in [0, 0.1) is 5.92 Å². The molecule has 1 aliphatic carbocycles. The fraction of sp³-hybridized carbons (Fsp3) is 1.00. The van der Waals surface area contributed by atoms with Gasteiger partial charge in [-0.1, -0.05) is 19.3 Å². The third-order valence-corrected chi connectivity index (χ3v) is 6.12. The van der Waals surface area contributed by atoms with Crippen LogP contribution >= 0.6 is 0 Å². The Morgan fingerprint density at radius 2 is 1.84 bits per heavy atom. The number of nitrogens with one attached hydrogen (secondary N) is 2. The molecule has 0 aromatic rings. The summed E-state index contributed by atoms with van der Waals surface area (Å²) >= 11 is 0. The first-order valence-corrected chi connectivity index (χ1v) is 9.45. The summed E-state index contributed by atoms with van der Waals surface area (Å²) in [6, 6.07) is 0.499. The van der Waals surface area contributed by atoms with E-state index in [1.54, 1.807) is 0 Å². The molecule has 2 N–H and O–H groups in total. The van der Waals surface area contributed by atoms with Crippen molar-refractivity contribution in [1.82, 2.24) is 10.0 Å². The molecular weight excluding hydrogens is 260 g/mol. The molecule has 0 aromatic carbocycles. The molecular formula is C14H28N2O2S. The van der Waals surface area contributed by atoms with E-state index in [4.69, 9.17) is 0 Å². The van der Waals surface area contributed by atoms with Gasteiger partial charge < -0.3 is 5.32 Å². The lowest BCUT2D eigenvalue weighted by molar-refractivity contribution is 0.389. The van der Waals surface area contributed by atoms with Crippen molar-refractivity contribution in [2.75, 3.05) is 12.3 Å². The molecule has 0 aromatic heterocycles. The average molecular weight is 288 g/mol. The van der Waals surface area contributed by atoms with Crippen LogP contribution in [0.1, 0.15) is 58.3 Å². The molecule has 2 atom stereocenters. The molecule has 1 heterocycles. The van der Waals surface area contributed by atoms with E-state index >= 15 is 0 Å². The van der Waals surface area contributed by atoms with Crippen molar-refractivity contribution in [3.05, 3.63) is 0 Å². The Hall–Kier alpha value is -0.130. The summed E-state index contributed by atoms with van der Waals surface area (Å²) in [5, 5.41) is 3.41. The minimum absolute atomic E-state index is 0.104. The predicted molar refractivity (Wildman–Crippen MR) is 78.6 cm³/mol. The third kappa shape index (κ3) is 5.04. The Morgan fingerprint density at radius 1 is 1.16 bits per heavy atom. The normalized spacial score (nSPS) is 27.5. The van der Waals surface area contributed by atoms with E-state index in [2.05, 4.69) is 10.0 Å². The van der Waals surface area contributed by atoms with Gasteiger partial charge in [0.05, 0.1) is 5.75 Å². The quantitative estimate of drug-likeness (QED) is 0.786. The Morgan fingerprint density at radius 3 is 2.47 bits per heavy atom. The van der Waals surface area contributed by atoms with E-state index in [-0.39, 0.29) is 11.8 Å². The molecule has 1 saturated heterocycles. The lowest BCUT2D eigenvalue weighted by Gasteiger charge is -2.24. The van der Waals surface area contributed by atoms with Gasteiger partial charge in [-0.2, -0.15) is 0 Å². The van der Waals surface area contributed by atoms with E-state index in [9.17, 15) is 8.42 Å². The van der Waals surface area contributed by atoms with Crippen LogP contribution in [0.25, 0.3) is 0 Å². The topological polar surface area (TPSA) is 58.2 Å². The second-order valence-electron chi connectivity index (χ2n) is 6.21. The van der Waals surface area contributed by atoms with Crippen LogP contribution in [0.5, 0.6) is 0 Å². The van der Waals surface area contributed by atoms with Crippen molar-refractivity contribution >= 4 is 10.0 Å². The monoisotopic (exact) mass is 288 g/mol. The third-order valence-electron chi connectivity index (χ3n) is 4.62. The van der Waals surface area contributed by atoms with Crippen molar-refractivity contribution in [1.29, 1.82) is 0 Å². The number of rotatable bonds is 6. The Bertz CT molecular complexity index is 358. The molecule has 0 radical (unpaired) electrons. The number of sulfonamides is 1. The Labute approximate surface area is 117 Å². The molecule has 2 rings (SSSR count). The fourth-order valence-electron chi connectivity index (χ4n) is 3.36. The van der Waals surface area contributed by atoms with E-state index < -0.39 is 10.0 Å². The second kappa shape index (κ2) is 7.04. The van der Waals surface area contributed by atoms with E-state index in [0.717, 1.165) is 19.4 Å². The zero-order valence-electron chi connectivity index (χ0n) is 12.0. The number of piperidine rings is 1. The van der Waals surface area contributed by atoms with Gasteiger partial charge in [0.15, 0.2) is 0 Å². The summed E-state index contributed by atoms with van der Waals surface area (Å²) in [7, 11) is -3.11. The van der Waals surface area contributed by atoms with Gasteiger partial charge in [0.1, 0.15) is 0 Å². The van der Waals surface area contributed by atoms with Gasteiger partial charge in [-0.3, -0.25) is 0 Å². The molecule has 112 valence electrons.